The Bertz CT molecular complexity index is 1300. The van der Waals surface area contributed by atoms with Crippen molar-refractivity contribution < 1.29 is 23.5 Å². The van der Waals surface area contributed by atoms with Crippen LogP contribution in [0.3, 0.4) is 0 Å². The number of anilines is 1. The number of hydrogen-bond donors (Lipinski definition) is 3. The molecule has 0 aliphatic rings. The molecule has 3 aromatic rings. The summed E-state index contributed by atoms with van der Waals surface area (Å²) in [6, 6.07) is 18.7. The number of ether oxygens (including phenoxy) is 1. The minimum absolute atomic E-state index is 0.0431. The highest BCUT2D eigenvalue weighted by Gasteiger charge is 2.12. The van der Waals surface area contributed by atoms with E-state index in [1.807, 2.05) is 24.3 Å². The van der Waals surface area contributed by atoms with Gasteiger partial charge in [0.25, 0.3) is 5.91 Å². The summed E-state index contributed by atoms with van der Waals surface area (Å²) >= 11 is 3.15. The van der Waals surface area contributed by atoms with Gasteiger partial charge in [0.2, 0.25) is 0 Å². The maximum atomic E-state index is 13.9. The molecule has 0 fully saturated rings. The molecule has 3 rings (SSSR count). The van der Waals surface area contributed by atoms with Gasteiger partial charge < -0.3 is 15.4 Å². The standard InChI is InChI=1S/C27H26BrFN4O4/c1-17(2)20-8-6-18(7-9-20)14-30-26(35)27(36)33-31-15-19-4-3-5-22(12-19)37-16-25(34)32-24-11-10-21(28)13-23(24)29/h3-13,15,17H,14,16H2,1-2H3,(H,30,35)(H,32,34)(H,33,36)/b31-15-. The van der Waals surface area contributed by atoms with E-state index in [0.29, 0.717) is 21.7 Å². The van der Waals surface area contributed by atoms with Crippen molar-refractivity contribution in [2.24, 2.45) is 5.10 Å². The fraction of sp³-hybridized carbons (Fsp3) is 0.185. The van der Waals surface area contributed by atoms with E-state index in [2.05, 4.69) is 50.9 Å². The van der Waals surface area contributed by atoms with Crippen LogP contribution in [-0.2, 0) is 20.9 Å². The number of nitrogens with zero attached hydrogens (tertiary/aromatic N) is 1. The van der Waals surface area contributed by atoms with E-state index in [1.54, 1.807) is 30.3 Å². The molecule has 0 spiro atoms. The Morgan fingerprint density at radius 2 is 1.78 bits per heavy atom. The first-order valence-corrected chi connectivity index (χ1v) is 12.2. The predicted molar refractivity (Wildman–Crippen MR) is 143 cm³/mol. The van der Waals surface area contributed by atoms with Crippen LogP contribution in [0.4, 0.5) is 10.1 Å². The lowest BCUT2D eigenvalue weighted by Gasteiger charge is -2.09. The third kappa shape index (κ3) is 8.84. The van der Waals surface area contributed by atoms with E-state index in [9.17, 15) is 18.8 Å². The third-order valence-corrected chi connectivity index (χ3v) is 5.61. The minimum atomic E-state index is -0.903. The monoisotopic (exact) mass is 568 g/mol. The Labute approximate surface area is 222 Å². The van der Waals surface area contributed by atoms with E-state index in [-0.39, 0.29) is 18.8 Å². The van der Waals surface area contributed by atoms with E-state index in [4.69, 9.17) is 4.74 Å². The van der Waals surface area contributed by atoms with Crippen molar-refractivity contribution in [1.82, 2.24) is 10.7 Å². The topological polar surface area (TPSA) is 109 Å². The molecule has 0 bridgehead atoms. The van der Waals surface area contributed by atoms with Crippen LogP contribution >= 0.6 is 15.9 Å². The fourth-order valence-corrected chi connectivity index (χ4v) is 3.44. The quantitative estimate of drug-likeness (QED) is 0.200. The van der Waals surface area contributed by atoms with E-state index in [1.165, 1.54) is 23.9 Å². The van der Waals surface area contributed by atoms with Crippen molar-refractivity contribution in [3.63, 3.8) is 0 Å². The van der Waals surface area contributed by atoms with Gasteiger partial charge in [-0.25, -0.2) is 9.82 Å². The van der Waals surface area contributed by atoms with Gasteiger partial charge in [-0.1, -0.05) is 66.2 Å². The molecule has 192 valence electrons. The summed E-state index contributed by atoms with van der Waals surface area (Å²) in [5.74, 6) is -2.04. The van der Waals surface area contributed by atoms with Gasteiger partial charge in [-0.05, 0) is 52.9 Å². The zero-order valence-electron chi connectivity index (χ0n) is 20.3. The van der Waals surface area contributed by atoms with Crippen LogP contribution < -0.4 is 20.8 Å². The van der Waals surface area contributed by atoms with Crippen molar-refractivity contribution >= 4 is 45.6 Å². The Morgan fingerprint density at radius 1 is 1.03 bits per heavy atom. The first-order valence-electron chi connectivity index (χ1n) is 11.4. The molecule has 0 saturated carbocycles. The average molecular weight is 569 g/mol. The summed E-state index contributed by atoms with van der Waals surface area (Å²) < 4.78 is 19.9. The normalized spacial score (nSPS) is 10.8. The smallest absolute Gasteiger partial charge is 0.329 e. The van der Waals surface area contributed by atoms with Crippen LogP contribution in [-0.4, -0.2) is 30.5 Å². The summed E-state index contributed by atoms with van der Waals surface area (Å²) in [6.07, 6.45) is 1.33. The van der Waals surface area contributed by atoms with E-state index >= 15 is 0 Å². The average Bonchev–Trinajstić information content (AvgIpc) is 2.88. The molecule has 0 saturated heterocycles. The number of amides is 3. The molecule has 3 amide bonds. The van der Waals surface area contributed by atoms with Crippen LogP contribution in [0.5, 0.6) is 5.75 Å². The molecule has 0 atom stereocenters. The molecule has 0 radical (unpaired) electrons. The largest absolute Gasteiger partial charge is 0.484 e. The summed E-state index contributed by atoms with van der Waals surface area (Å²) in [5.41, 5.74) is 4.84. The molecule has 0 aliphatic heterocycles. The van der Waals surface area contributed by atoms with Gasteiger partial charge in [0, 0.05) is 11.0 Å². The first-order chi connectivity index (χ1) is 17.7. The summed E-state index contributed by atoms with van der Waals surface area (Å²) in [5, 5.41) is 8.77. The number of carbonyl (C=O) groups is 3. The summed E-state index contributed by atoms with van der Waals surface area (Å²) in [7, 11) is 0. The number of rotatable bonds is 9. The summed E-state index contributed by atoms with van der Waals surface area (Å²) in [4.78, 5) is 36.1. The number of halogens is 2. The lowest BCUT2D eigenvalue weighted by Crippen LogP contribution is -2.37. The minimum Gasteiger partial charge on any atom is -0.484 e. The van der Waals surface area contributed by atoms with Crippen molar-refractivity contribution in [2.75, 3.05) is 11.9 Å². The molecule has 10 heteroatoms. The Morgan fingerprint density at radius 3 is 2.49 bits per heavy atom. The molecule has 37 heavy (non-hydrogen) atoms. The second kappa shape index (κ2) is 13.3. The molecule has 0 heterocycles. The molecule has 0 aromatic heterocycles. The van der Waals surface area contributed by atoms with Crippen molar-refractivity contribution in [1.29, 1.82) is 0 Å². The highest BCUT2D eigenvalue weighted by Crippen LogP contribution is 2.19. The second-order valence-corrected chi connectivity index (χ2v) is 9.23. The van der Waals surface area contributed by atoms with Crippen molar-refractivity contribution in [3.8, 4) is 5.75 Å². The van der Waals surface area contributed by atoms with Gasteiger partial charge in [-0.15, -0.1) is 0 Å². The molecule has 8 nitrogen and oxygen atoms in total. The third-order valence-electron chi connectivity index (χ3n) is 5.12. The van der Waals surface area contributed by atoms with Crippen LogP contribution in [0, 0.1) is 5.82 Å². The number of benzene rings is 3. The van der Waals surface area contributed by atoms with E-state index < -0.39 is 23.5 Å². The Balaban J connectivity index is 1.44. The van der Waals surface area contributed by atoms with Gasteiger partial charge in [-0.3, -0.25) is 14.4 Å². The molecular formula is C27H26BrFN4O4. The van der Waals surface area contributed by atoms with Crippen molar-refractivity contribution in [3.05, 3.63) is 93.7 Å². The zero-order chi connectivity index (χ0) is 26.8. The SMILES string of the molecule is CC(C)c1ccc(CNC(=O)C(=O)N/N=C\c2cccc(OCC(=O)Nc3ccc(Br)cc3F)c2)cc1. The summed E-state index contributed by atoms with van der Waals surface area (Å²) in [6.45, 7) is 4.07. The fourth-order valence-electron chi connectivity index (χ4n) is 3.11. The lowest BCUT2D eigenvalue weighted by molar-refractivity contribution is -0.139. The Kier molecular flexibility index (Phi) is 9.91. The maximum Gasteiger partial charge on any atom is 0.329 e. The molecule has 3 N–H and O–H groups in total. The lowest BCUT2D eigenvalue weighted by atomic mass is 10.0. The van der Waals surface area contributed by atoms with Crippen molar-refractivity contribution in [2.45, 2.75) is 26.3 Å². The van der Waals surface area contributed by atoms with Gasteiger partial charge >= 0.3 is 11.8 Å². The van der Waals surface area contributed by atoms with Gasteiger partial charge in [0.05, 0.1) is 11.9 Å². The van der Waals surface area contributed by atoms with Crippen LogP contribution in [0.15, 0.2) is 76.3 Å². The highest BCUT2D eigenvalue weighted by atomic mass is 79.9. The number of hydrogen-bond acceptors (Lipinski definition) is 5. The van der Waals surface area contributed by atoms with Gasteiger partial charge in [0.15, 0.2) is 6.61 Å². The second-order valence-electron chi connectivity index (χ2n) is 8.31. The van der Waals surface area contributed by atoms with Crippen LogP contribution in [0.25, 0.3) is 0 Å². The number of hydrazone groups is 1. The van der Waals surface area contributed by atoms with Crippen LogP contribution in [0.2, 0.25) is 0 Å². The molecule has 0 aliphatic carbocycles. The Hall–Kier alpha value is -4.05. The van der Waals surface area contributed by atoms with Gasteiger partial charge in [0.1, 0.15) is 11.6 Å². The molecule has 3 aromatic carbocycles. The molecule has 0 unspecified atom stereocenters. The predicted octanol–water partition coefficient (Wildman–Crippen LogP) is 4.50. The highest BCUT2D eigenvalue weighted by molar-refractivity contribution is 9.10. The van der Waals surface area contributed by atoms with Gasteiger partial charge in [-0.2, -0.15) is 5.10 Å². The van der Waals surface area contributed by atoms with E-state index in [0.717, 1.165) is 5.56 Å². The molecular weight excluding hydrogens is 543 g/mol. The van der Waals surface area contributed by atoms with Crippen LogP contribution in [0.1, 0.15) is 36.5 Å². The first kappa shape index (κ1) is 27.5. The zero-order valence-corrected chi connectivity index (χ0v) is 21.8. The number of nitrogens with one attached hydrogen (secondary N) is 3. The number of carbonyl (C=O) groups excluding carboxylic acids is 3. The maximum absolute atomic E-state index is 13.9.